The number of β-amino-alcohol motifs (C(OH)–C–C–N with tert-alkyl or cyclic N) is 1. The maximum atomic E-state index is 13.1. The molecule has 1 fully saturated rings. The lowest BCUT2D eigenvalue weighted by atomic mass is 10.0. The molecular formula is C14H17FN2O. The van der Waals surface area contributed by atoms with Gasteiger partial charge in [0.05, 0.1) is 6.10 Å². The van der Waals surface area contributed by atoms with Crippen LogP contribution < -0.4 is 0 Å². The molecule has 3 nitrogen and oxygen atoms in total. The van der Waals surface area contributed by atoms with Crippen LogP contribution in [0.5, 0.6) is 0 Å². The summed E-state index contributed by atoms with van der Waals surface area (Å²) in [5.74, 6) is -0.218. The number of benzene rings is 1. The SMILES string of the molecule is CN1CC(O)CC1Cc1c[nH]c2cc(F)ccc12. The van der Waals surface area contributed by atoms with Gasteiger partial charge in [0, 0.05) is 29.7 Å². The summed E-state index contributed by atoms with van der Waals surface area (Å²) in [5, 5.41) is 10.7. The van der Waals surface area contributed by atoms with Crippen molar-refractivity contribution in [3.63, 3.8) is 0 Å². The highest BCUT2D eigenvalue weighted by molar-refractivity contribution is 5.83. The first-order valence-corrected chi connectivity index (χ1v) is 6.27. The molecule has 0 spiro atoms. The Bertz CT molecular complexity index is 566. The van der Waals surface area contributed by atoms with Gasteiger partial charge in [-0.1, -0.05) is 0 Å². The van der Waals surface area contributed by atoms with Crippen molar-refractivity contribution >= 4 is 10.9 Å². The zero-order valence-electron chi connectivity index (χ0n) is 10.4. The van der Waals surface area contributed by atoms with Gasteiger partial charge in [-0.2, -0.15) is 0 Å². The van der Waals surface area contributed by atoms with E-state index < -0.39 is 0 Å². The second-order valence-electron chi connectivity index (χ2n) is 5.19. The molecule has 3 rings (SSSR count). The van der Waals surface area contributed by atoms with Gasteiger partial charge >= 0.3 is 0 Å². The molecule has 1 aromatic carbocycles. The van der Waals surface area contributed by atoms with Gasteiger partial charge in [0.2, 0.25) is 0 Å². The minimum atomic E-state index is -0.220. The molecule has 2 N–H and O–H groups in total. The summed E-state index contributed by atoms with van der Waals surface area (Å²) in [6, 6.07) is 5.20. The van der Waals surface area contributed by atoms with Crippen LogP contribution in [0.2, 0.25) is 0 Å². The fourth-order valence-corrected chi connectivity index (χ4v) is 2.87. The van der Waals surface area contributed by atoms with Crippen LogP contribution >= 0.6 is 0 Å². The lowest BCUT2D eigenvalue weighted by Gasteiger charge is -2.18. The molecule has 2 aromatic rings. The lowest BCUT2D eigenvalue weighted by molar-refractivity contribution is 0.182. The van der Waals surface area contributed by atoms with E-state index in [1.54, 1.807) is 0 Å². The average molecular weight is 248 g/mol. The third-order valence-corrected chi connectivity index (χ3v) is 3.85. The number of likely N-dealkylation sites (tertiary alicyclic amines) is 1. The third-order valence-electron chi connectivity index (χ3n) is 3.85. The number of hydrogen-bond donors (Lipinski definition) is 2. The highest BCUT2D eigenvalue weighted by atomic mass is 19.1. The Morgan fingerprint density at radius 1 is 1.50 bits per heavy atom. The number of aromatic nitrogens is 1. The molecule has 0 aliphatic carbocycles. The second kappa shape index (κ2) is 4.37. The number of nitrogens with one attached hydrogen (secondary N) is 1. The number of fused-ring (bicyclic) bond motifs is 1. The smallest absolute Gasteiger partial charge is 0.125 e. The number of halogens is 1. The number of nitrogens with zero attached hydrogens (tertiary/aromatic N) is 1. The largest absolute Gasteiger partial charge is 0.392 e. The Balaban J connectivity index is 1.87. The predicted octanol–water partition coefficient (Wildman–Crippen LogP) is 1.91. The van der Waals surface area contributed by atoms with Gasteiger partial charge < -0.3 is 15.0 Å². The highest BCUT2D eigenvalue weighted by Gasteiger charge is 2.28. The standard InChI is InChI=1S/C14H17FN2O/c1-17-8-12(18)6-11(17)4-9-7-16-14-5-10(15)2-3-13(9)14/h2-3,5,7,11-12,16,18H,4,6,8H2,1H3. The summed E-state index contributed by atoms with van der Waals surface area (Å²) >= 11 is 0. The Labute approximate surface area is 105 Å². The molecule has 2 heterocycles. The first kappa shape index (κ1) is 11.7. The van der Waals surface area contributed by atoms with Gasteiger partial charge in [-0.05, 0) is 43.7 Å². The molecule has 0 saturated carbocycles. The van der Waals surface area contributed by atoms with E-state index in [-0.39, 0.29) is 11.9 Å². The van der Waals surface area contributed by atoms with E-state index in [4.69, 9.17) is 0 Å². The summed E-state index contributed by atoms with van der Waals surface area (Å²) in [6.45, 7) is 0.738. The van der Waals surface area contributed by atoms with Crippen LogP contribution in [-0.2, 0) is 6.42 Å². The molecular weight excluding hydrogens is 231 g/mol. The van der Waals surface area contributed by atoms with Crippen LogP contribution in [0.1, 0.15) is 12.0 Å². The minimum absolute atomic E-state index is 0.218. The van der Waals surface area contributed by atoms with Gasteiger partial charge in [-0.25, -0.2) is 4.39 Å². The molecule has 18 heavy (non-hydrogen) atoms. The molecule has 0 radical (unpaired) electrons. The molecule has 2 atom stereocenters. The number of aliphatic hydroxyl groups excluding tert-OH is 1. The van der Waals surface area contributed by atoms with Crippen molar-refractivity contribution in [2.24, 2.45) is 0 Å². The Kier molecular flexibility index (Phi) is 2.84. The third kappa shape index (κ3) is 2.02. The Morgan fingerprint density at radius 3 is 3.06 bits per heavy atom. The van der Waals surface area contributed by atoms with E-state index >= 15 is 0 Å². The van der Waals surface area contributed by atoms with E-state index in [0.717, 1.165) is 30.3 Å². The summed E-state index contributed by atoms with van der Waals surface area (Å²) in [4.78, 5) is 5.30. The molecule has 2 unspecified atom stereocenters. The molecule has 1 aromatic heterocycles. The fraction of sp³-hybridized carbons (Fsp3) is 0.429. The minimum Gasteiger partial charge on any atom is -0.392 e. The number of rotatable bonds is 2. The quantitative estimate of drug-likeness (QED) is 0.852. The first-order chi connectivity index (χ1) is 8.63. The number of aliphatic hydroxyl groups is 1. The van der Waals surface area contributed by atoms with E-state index in [1.165, 1.54) is 17.7 Å². The van der Waals surface area contributed by atoms with Crippen molar-refractivity contribution in [3.8, 4) is 0 Å². The fourth-order valence-electron chi connectivity index (χ4n) is 2.87. The van der Waals surface area contributed by atoms with Crippen LogP contribution in [0.4, 0.5) is 4.39 Å². The Morgan fingerprint density at radius 2 is 2.33 bits per heavy atom. The van der Waals surface area contributed by atoms with Gasteiger partial charge in [0.1, 0.15) is 5.82 Å². The van der Waals surface area contributed by atoms with Crippen molar-refractivity contribution in [3.05, 3.63) is 35.8 Å². The second-order valence-corrected chi connectivity index (χ2v) is 5.19. The van der Waals surface area contributed by atoms with Gasteiger partial charge in [0.25, 0.3) is 0 Å². The number of hydrogen-bond acceptors (Lipinski definition) is 2. The van der Waals surface area contributed by atoms with Gasteiger partial charge in [-0.3, -0.25) is 0 Å². The van der Waals surface area contributed by atoms with Crippen LogP contribution in [-0.4, -0.2) is 40.7 Å². The summed E-state index contributed by atoms with van der Waals surface area (Å²) in [6.07, 6.45) is 3.43. The zero-order chi connectivity index (χ0) is 12.7. The van der Waals surface area contributed by atoms with Crippen LogP contribution in [0.3, 0.4) is 0 Å². The summed E-state index contributed by atoms with van der Waals surface area (Å²) in [5.41, 5.74) is 2.03. The van der Waals surface area contributed by atoms with E-state index in [9.17, 15) is 9.50 Å². The normalized spacial score (nSPS) is 25.1. The van der Waals surface area contributed by atoms with Crippen molar-refractivity contribution in [2.45, 2.75) is 25.0 Å². The van der Waals surface area contributed by atoms with Crippen molar-refractivity contribution in [1.82, 2.24) is 9.88 Å². The molecule has 1 aliphatic heterocycles. The highest BCUT2D eigenvalue weighted by Crippen LogP contribution is 2.25. The van der Waals surface area contributed by atoms with Gasteiger partial charge in [0.15, 0.2) is 0 Å². The lowest BCUT2D eigenvalue weighted by Crippen LogP contribution is -2.26. The topological polar surface area (TPSA) is 39.3 Å². The molecule has 96 valence electrons. The summed E-state index contributed by atoms with van der Waals surface area (Å²) in [7, 11) is 2.04. The van der Waals surface area contributed by atoms with Crippen LogP contribution in [0, 0.1) is 5.82 Å². The van der Waals surface area contributed by atoms with E-state index in [1.807, 2.05) is 19.3 Å². The number of likely N-dealkylation sites (N-methyl/N-ethyl adjacent to an activating group) is 1. The maximum absolute atomic E-state index is 13.1. The molecule has 1 aliphatic rings. The van der Waals surface area contributed by atoms with Crippen molar-refractivity contribution in [2.75, 3.05) is 13.6 Å². The molecule has 1 saturated heterocycles. The van der Waals surface area contributed by atoms with Crippen LogP contribution in [0.25, 0.3) is 10.9 Å². The zero-order valence-corrected chi connectivity index (χ0v) is 10.4. The maximum Gasteiger partial charge on any atom is 0.125 e. The van der Waals surface area contributed by atoms with Gasteiger partial charge in [-0.15, -0.1) is 0 Å². The van der Waals surface area contributed by atoms with E-state index in [2.05, 4.69) is 9.88 Å². The molecule has 4 heteroatoms. The summed E-state index contributed by atoms with van der Waals surface area (Å²) < 4.78 is 13.1. The monoisotopic (exact) mass is 248 g/mol. The van der Waals surface area contributed by atoms with Crippen molar-refractivity contribution < 1.29 is 9.50 Å². The first-order valence-electron chi connectivity index (χ1n) is 6.27. The average Bonchev–Trinajstić information content (AvgIpc) is 2.84. The molecule has 0 bridgehead atoms. The number of H-pyrrole nitrogens is 1. The molecule has 0 amide bonds. The number of aromatic amines is 1. The van der Waals surface area contributed by atoms with Crippen molar-refractivity contribution in [1.29, 1.82) is 0 Å². The predicted molar refractivity (Wildman–Crippen MR) is 69.0 cm³/mol. The Hall–Kier alpha value is -1.39. The van der Waals surface area contributed by atoms with E-state index in [0.29, 0.717) is 6.04 Å². The van der Waals surface area contributed by atoms with Crippen LogP contribution in [0.15, 0.2) is 24.4 Å².